The molecule has 2 aromatic rings. The van der Waals surface area contributed by atoms with Crippen molar-refractivity contribution in [3.63, 3.8) is 0 Å². The Kier molecular flexibility index (Phi) is 9.02. The molecule has 1 fully saturated rings. The van der Waals surface area contributed by atoms with Crippen LogP contribution >= 0.6 is 0 Å². The average Bonchev–Trinajstić information content (AvgIpc) is 2.92. The van der Waals surface area contributed by atoms with E-state index in [2.05, 4.69) is 54.2 Å². The number of nitrogens with zero attached hydrogens (tertiary/aromatic N) is 4. The summed E-state index contributed by atoms with van der Waals surface area (Å²) < 4.78 is 0. The van der Waals surface area contributed by atoms with Crippen LogP contribution in [0.1, 0.15) is 54.2 Å². The third-order valence-electron chi connectivity index (χ3n) is 6.97. The summed E-state index contributed by atoms with van der Waals surface area (Å²) in [4.78, 5) is 35.0. The Morgan fingerprint density at radius 2 is 1.86 bits per heavy atom. The van der Waals surface area contributed by atoms with E-state index in [0.29, 0.717) is 12.4 Å². The van der Waals surface area contributed by atoms with E-state index in [1.165, 1.54) is 24.4 Å². The first-order chi connectivity index (χ1) is 17.9. The van der Waals surface area contributed by atoms with Gasteiger partial charge in [0.2, 0.25) is 0 Å². The Morgan fingerprint density at radius 3 is 2.62 bits per heavy atom. The number of fused-ring (bicyclic) bond motifs is 1. The minimum Gasteiger partial charge on any atom is -0.410 e. The van der Waals surface area contributed by atoms with Crippen LogP contribution in [0.4, 0.5) is 5.82 Å². The maximum absolute atomic E-state index is 12.7. The van der Waals surface area contributed by atoms with Crippen LogP contribution in [0.3, 0.4) is 0 Å². The summed E-state index contributed by atoms with van der Waals surface area (Å²) in [6.07, 6.45) is 4.82. The molecule has 1 aromatic carbocycles. The SMILES string of the molecule is C/C(=N/O)C(=O)NC1CCC(Nc2cc(C(=O)NC[C@H](O)CN3CCc4ccccc4C3)ncn2)CC1. The maximum atomic E-state index is 12.7. The molecule has 11 nitrogen and oxygen atoms in total. The highest BCUT2D eigenvalue weighted by molar-refractivity contribution is 6.37. The molecule has 0 radical (unpaired) electrons. The van der Waals surface area contributed by atoms with Crippen LogP contribution in [0.2, 0.25) is 0 Å². The van der Waals surface area contributed by atoms with Gasteiger partial charge in [0.25, 0.3) is 11.8 Å². The van der Waals surface area contributed by atoms with Crippen molar-refractivity contribution in [2.45, 2.75) is 63.8 Å². The van der Waals surface area contributed by atoms with Gasteiger partial charge in [-0.05, 0) is 50.2 Å². The van der Waals surface area contributed by atoms with Gasteiger partial charge in [-0.3, -0.25) is 14.5 Å². The molecule has 0 saturated heterocycles. The van der Waals surface area contributed by atoms with Crippen LogP contribution in [0.15, 0.2) is 41.8 Å². The monoisotopic (exact) mass is 509 g/mol. The number of aliphatic hydroxyl groups is 1. The highest BCUT2D eigenvalue weighted by atomic mass is 16.4. The fourth-order valence-corrected chi connectivity index (χ4v) is 4.86. The van der Waals surface area contributed by atoms with Crippen LogP contribution in [0, 0.1) is 0 Å². The summed E-state index contributed by atoms with van der Waals surface area (Å²) in [6.45, 7) is 3.77. The quantitative estimate of drug-likeness (QED) is 0.193. The predicted molar refractivity (Wildman–Crippen MR) is 138 cm³/mol. The second-order valence-corrected chi connectivity index (χ2v) is 9.76. The van der Waals surface area contributed by atoms with Gasteiger partial charge < -0.3 is 26.3 Å². The molecule has 2 amide bonds. The molecule has 1 aliphatic heterocycles. The molecular weight excluding hydrogens is 474 g/mol. The molecule has 2 heterocycles. The first-order valence-electron chi connectivity index (χ1n) is 12.7. The lowest BCUT2D eigenvalue weighted by Gasteiger charge is -2.30. The van der Waals surface area contributed by atoms with E-state index in [1.807, 2.05) is 6.07 Å². The molecule has 198 valence electrons. The highest BCUT2D eigenvalue weighted by Gasteiger charge is 2.24. The molecule has 0 unspecified atom stereocenters. The largest absolute Gasteiger partial charge is 0.410 e. The number of nitrogens with one attached hydrogen (secondary N) is 3. The molecule has 1 atom stereocenters. The number of aromatic nitrogens is 2. The van der Waals surface area contributed by atoms with Gasteiger partial charge in [0.05, 0.1) is 6.10 Å². The Hall–Kier alpha value is -3.57. The number of anilines is 1. The second kappa shape index (κ2) is 12.6. The number of β-amino-alcohol motifs (C(OH)–C–C–N with tert-alkyl or cyclic N) is 1. The zero-order valence-corrected chi connectivity index (χ0v) is 21.1. The van der Waals surface area contributed by atoms with E-state index in [4.69, 9.17) is 5.21 Å². The summed E-state index contributed by atoms with van der Waals surface area (Å²) >= 11 is 0. The van der Waals surface area contributed by atoms with Crippen LogP contribution in [0.25, 0.3) is 0 Å². The molecule has 37 heavy (non-hydrogen) atoms. The van der Waals surface area contributed by atoms with E-state index >= 15 is 0 Å². The number of carbonyl (C=O) groups is 2. The zero-order valence-electron chi connectivity index (χ0n) is 21.1. The van der Waals surface area contributed by atoms with E-state index in [-0.39, 0.29) is 41.8 Å². The number of benzene rings is 1. The topological polar surface area (TPSA) is 152 Å². The maximum Gasteiger partial charge on any atom is 0.270 e. The summed E-state index contributed by atoms with van der Waals surface area (Å²) in [5, 5.41) is 31.1. The van der Waals surface area contributed by atoms with Crippen molar-refractivity contribution in [2.75, 3.05) is 25.0 Å². The van der Waals surface area contributed by atoms with Gasteiger partial charge in [-0.2, -0.15) is 0 Å². The molecular formula is C26H35N7O4. The molecule has 0 spiro atoms. The van der Waals surface area contributed by atoms with Crippen LogP contribution in [-0.4, -0.2) is 80.5 Å². The van der Waals surface area contributed by atoms with Crippen molar-refractivity contribution in [3.8, 4) is 0 Å². The standard InChI is InChI=1S/C26H35N7O4/c1-17(32-37)25(35)31-21-8-6-20(7-9-21)30-24-12-23(28-16-29-24)26(36)27-13-22(34)15-33-11-10-18-4-2-3-5-19(18)14-33/h2-5,12,16,20-22,34,37H,6-11,13-15H2,1H3,(H,27,36)(H,31,35)(H,28,29,30)/b32-17-/t20?,21?,22-/m0/s1. The van der Waals surface area contributed by atoms with Crippen LogP contribution in [-0.2, 0) is 17.8 Å². The number of carbonyl (C=O) groups excluding carboxylic acids is 2. The molecule has 1 saturated carbocycles. The number of hydrogen-bond donors (Lipinski definition) is 5. The first kappa shape index (κ1) is 26.5. The second-order valence-electron chi connectivity index (χ2n) is 9.76. The van der Waals surface area contributed by atoms with Gasteiger partial charge in [-0.15, -0.1) is 0 Å². The molecule has 1 aromatic heterocycles. The number of hydrogen-bond acceptors (Lipinski definition) is 9. The Balaban J connectivity index is 1.20. The molecule has 11 heteroatoms. The molecule has 5 N–H and O–H groups in total. The number of oxime groups is 1. The summed E-state index contributed by atoms with van der Waals surface area (Å²) in [6, 6.07) is 10.1. The fourth-order valence-electron chi connectivity index (χ4n) is 4.86. The lowest BCUT2D eigenvalue weighted by atomic mass is 9.91. The summed E-state index contributed by atoms with van der Waals surface area (Å²) in [5.74, 6) is -0.166. The number of amides is 2. The summed E-state index contributed by atoms with van der Waals surface area (Å²) in [5.41, 5.74) is 2.92. The van der Waals surface area contributed by atoms with Crippen molar-refractivity contribution < 1.29 is 19.9 Å². The average molecular weight is 510 g/mol. The van der Waals surface area contributed by atoms with E-state index in [9.17, 15) is 14.7 Å². The van der Waals surface area contributed by atoms with Crippen molar-refractivity contribution >= 4 is 23.3 Å². The van der Waals surface area contributed by atoms with E-state index < -0.39 is 6.10 Å². The summed E-state index contributed by atoms with van der Waals surface area (Å²) in [7, 11) is 0. The zero-order chi connectivity index (χ0) is 26.2. The smallest absolute Gasteiger partial charge is 0.270 e. The third-order valence-corrected chi connectivity index (χ3v) is 6.97. The fraction of sp³-hybridized carbons (Fsp3) is 0.500. The van der Waals surface area contributed by atoms with Crippen molar-refractivity contribution in [1.29, 1.82) is 0 Å². The van der Waals surface area contributed by atoms with Gasteiger partial charge in [0.15, 0.2) is 0 Å². The molecule has 0 bridgehead atoms. The van der Waals surface area contributed by atoms with Crippen LogP contribution < -0.4 is 16.0 Å². The first-order valence-corrected chi connectivity index (χ1v) is 12.7. The van der Waals surface area contributed by atoms with Gasteiger partial charge in [0.1, 0.15) is 23.6 Å². The van der Waals surface area contributed by atoms with Crippen LogP contribution in [0.5, 0.6) is 0 Å². The third kappa shape index (κ3) is 7.46. The molecule has 1 aliphatic carbocycles. The van der Waals surface area contributed by atoms with Gasteiger partial charge in [-0.25, -0.2) is 9.97 Å². The van der Waals surface area contributed by atoms with Crippen molar-refractivity contribution in [2.24, 2.45) is 5.16 Å². The van der Waals surface area contributed by atoms with E-state index in [0.717, 1.165) is 45.2 Å². The lowest BCUT2D eigenvalue weighted by Crippen LogP contribution is -2.42. The minimum atomic E-state index is -0.684. The number of aliphatic hydroxyl groups excluding tert-OH is 1. The lowest BCUT2D eigenvalue weighted by molar-refractivity contribution is -0.115. The van der Waals surface area contributed by atoms with Crippen molar-refractivity contribution in [1.82, 2.24) is 25.5 Å². The number of rotatable bonds is 9. The van der Waals surface area contributed by atoms with Crippen molar-refractivity contribution in [3.05, 3.63) is 53.5 Å². The van der Waals surface area contributed by atoms with E-state index in [1.54, 1.807) is 6.07 Å². The Morgan fingerprint density at radius 1 is 1.14 bits per heavy atom. The normalized spacial score (nSPS) is 21.0. The van der Waals surface area contributed by atoms with Gasteiger partial charge in [-0.1, -0.05) is 29.4 Å². The molecule has 4 rings (SSSR count). The molecule has 2 aliphatic rings. The Bertz CT molecular complexity index is 1120. The Labute approximate surface area is 216 Å². The predicted octanol–water partition coefficient (Wildman–Crippen LogP) is 1.32. The van der Waals surface area contributed by atoms with Gasteiger partial charge >= 0.3 is 0 Å². The minimum absolute atomic E-state index is 0.0279. The van der Waals surface area contributed by atoms with Gasteiger partial charge in [0, 0.05) is 44.3 Å². The highest BCUT2D eigenvalue weighted by Crippen LogP contribution is 2.22.